The monoisotopic (exact) mass is 358 g/mol. The molecule has 0 bridgehead atoms. The van der Waals surface area contributed by atoms with Crippen LogP contribution in [0.3, 0.4) is 0 Å². The fraction of sp³-hybridized carbons (Fsp3) is 0.429. The molecule has 0 atom stereocenters. The number of amides is 1. The molecule has 1 N–H and O–H groups in total. The molecule has 6 nitrogen and oxygen atoms in total. The third-order valence-electron chi connectivity index (χ3n) is 3.45. The predicted molar refractivity (Wildman–Crippen MR) is 81.0 cm³/mol. The topological polar surface area (TPSA) is 76.9 Å². The molecule has 24 heavy (non-hydrogen) atoms. The lowest BCUT2D eigenvalue weighted by atomic mass is 10.2. The van der Waals surface area contributed by atoms with Gasteiger partial charge in [0.1, 0.15) is 12.1 Å². The van der Waals surface area contributed by atoms with Gasteiger partial charge in [0.05, 0.1) is 11.4 Å². The second-order valence-corrected chi connectivity index (χ2v) is 6.42. The average Bonchev–Trinajstić information content (AvgIpc) is 3.24. The van der Waals surface area contributed by atoms with E-state index >= 15 is 0 Å². The largest absolute Gasteiger partial charge is 0.421 e. The van der Waals surface area contributed by atoms with Gasteiger partial charge < -0.3 is 5.32 Å². The van der Waals surface area contributed by atoms with Crippen LogP contribution in [0.5, 0.6) is 0 Å². The van der Waals surface area contributed by atoms with Crippen LogP contribution in [-0.2, 0) is 17.5 Å². The van der Waals surface area contributed by atoms with Gasteiger partial charge in [0.15, 0.2) is 5.13 Å². The number of carbonyl (C=O) groups excluding carboxylic acids is 1. The van der Waals surface area contributed by atoms with E-state index < -0.39 is 29.8 Å². The van der Waals surface area contributed by atoms with Crippen LogP contribution >= 0.6 is 11.3 Å². The lowest BCUT2D eigenvalue weighted by molar-refractivity contribution is -0.139. The fourth-order valence-electron chi connectivity index (χ4n) is 2.16. The summed E-state index contributed by atoms with van der Waals surface area (Å²) in [5, 5.41) is 8.41. The summed E-state index contributed by atoms with van der Waals surface area (Å²) in [7, 11) is 0. The van der Waals surface area contributed by atoms with Crippen LogP contribution in [-0.4, -0.2) is 20.7 Å². The zero-order chi connectivity index (χ0) is 17.5. The second kappa shape index (κ2) is 6.00. The van der Waals surface area contributed by atoms with Gasteiger partial charge in [0.2, 0.25) is 5.91 Å². The summed E-state index contributed by atoms with van der Waals surface area (Å²) in [6, 6.07) is 0.790. The molecule has 0 saturated heterocycles. The second-order valence-electron chi connectivity index (χ2n) is 5.56. The van der Waals surface area contributed by atoms with Crippen LogP contribution < -0.4 is 10.9 Å². The molecule has 0 radical (unpaired) electrons. The first-order chi connectivity index (χ1) is 11.2. The summed E-state index contributed by atoms with van der Waals surface area (Å²) in [5.41, 5.74) is -1.71. The SMILES string of the molecule is Cc1csc(NC(=O)Cn2nc(C3CC3)cc(C(F)(F)F)c2=O)n1. The highest BCUT2D eigenvalue weighted by Crippen LogP contribution is 2.40. The summed E-state index contributed by atoms with van der Waals surface area (Å²) in [6.45, 7) is 1.15. The molecule has 10 heteroatoms. The minimum absolute atomic E-state index is 0.0809. The summed E-state index contributed by atoms with van der Waals surface area (Å²) >= 11 is 1.19. The Morgan fingerprint density at radius 1 is 1.46 bits per heavy atom. The fourth-order valence-corrected chi connectivity index (χ4v) is 2.86. The van der Waals surface area contributed by atoms with Gasteiger partial charge in [-0.1, -0.05) is 0 Å². The minimum atomic E-state index is -4.78. The molecule has 1 aliphatic rings. The van der Waals surface area contributed by atoms with Gasteiger partial charge in [0.25, 0.3) is 5.56 Å². The highest BCUT2D eigenvalue weighted by Gasteiger charge is 2.37. The third-order valence-corrected chi connectivity index (χ3v) is 4.33. The maximum atomic E-state index is 13.0. The maximum absolute atomic E-state index is 13.0. The quantitative estimate of drug-likeness (QED) is 0.911. The zero-order valence-electron chi connectivity index (χ0n) is 12.6. The summed E-state index contributed by atoms with van der Waals surface area (Å²) in [6.07, 6.45) is -3.32. The Morgan fingerprint density at radius 2 is 2.17 bits per heavy atom. The molecule has 2 aromatic heterocycles. The third kappa shape index (κ3) is 3.64. The normalized spacial score (nSPS) is 14.7. The molecular formula is C14H13F3N4O2S. The van der Waals surface area contributed by atoms with Crippen molar-refractivity contribution in [2.75, 3.05) is 5.32 Å². The van der Waals surface area contributed by atoms with Crippen LogP contribution in [0, 0.1) is 6.92 Å². The number of nitrogens with zero attached hydrogens (tertiary/aromatic N) is 3. The summed E-state index contributed by atoms with van der Waals surface area (Å²) in [4.78, 5) is 28.0. The first-order valence-corrected chi connectivity index (χ1v) is 8.03. The number of halogens is 3. The Morgan fingerprint density at radius 3 is 2.71 bits per heavy atom. The smallest absolute Gasteiger partial charge is 0.300 e. The van der Waals surface area contributed by atoms with Gasteiger partial charge in [-0.05, 0) is 25.8 Å². The highest BCUT2D eigenvalue weighted by atomic mass is 32.1. The minimum Gasteiger partial charge on any atom is -0.300 e. The standard InChI is InChI=1S/C14H13F3N4O2S/c1-7-6-24-13(18-7)19-11(22)5-21-12(23)9(14(15,16)17)4-10(20-21)8-2-3-8/h4,6,8H,2-3,5H2,1H3,(H,18,19,22). The van der Waals surface area contributed by atoms with E-state index in [1.807, 2.05) is 0 Å². The molecule has 3 rings (SSSR count). The van der Waals surface area contributed by atoms with E-state index in [-0.39, 0.29) is 11.6 Å². The van der Waals surface area contributed by atoms with E-state index in [1.165, 1.54) is 11.3 Å². The molecule has 1 aliphatic carbocycles. The Labute approximate surface area is 138 Å². The van der Waals surface area contributed by atoms with Gasteiger partial charge in [-0.15, -0.1) is 11.3 Å². The molecular weight excluding hydrogens is 345 g/mol. The number of nitrogens with one attached hydrogen (secondary N) is 1. The molecule has 0 aliphatic heterocycles. The van der Waals surface area contributed by atoms with E-state index in [0.29, 0.717) is 15.5 Å². The number of hydrogen-bond donors (Lipinski definition) is 1. The number of aromatic nitrogens is 3. The van der Waals surface area contributed by atoms with Crippen molar-refractivity contribution in [1.29, 1.82) is 0 Å². The van der Waals surface area contributed by atoms with Gasteiger partial charge in [-0.3, -0.25) is 9.59 Å². The van der Waals surface area contributed by atoms with E-state index in [0.717, 1.165) is 18.9 Å². The lowest BCUT2D eigenvalue weighted by Gasteiger charge is -2.12. The van der Waals surface area contributed by atoms with Gasteiger partial charge in [-0.25, -0.2) is 9.67 Å². The van der Waals surface area contributed by atoms with Crippen LogP contribution in [0.15, 0.2) is 16.2 Å². The Hall–Kier alpha value is -2.23. The molecule has 0 spiro atoms. The van der Waals surface area contributed by atoms with Crippen molar-refractivity contribution in [2.45, 2.75) is 38.4 Å². The average molecular weight is 358 g/mol. The first-order valence-electron chi connectivity index (χ1n) is 7.15. The number of anilines is 1. The molecule has 2 heterocycles. The van der Waals surface area contributed by atoms with Crippen molar-refractivity contribution >= 4 is 22.4 Å². The Balaban J connectivity index is 1.87. The van der Waals surface area contributed by atoms with Crippen molar-refractivity contribution in [2.24, 2.45) is 0 Å². The first kappa shape index (κ1) is 16.6. The van der Waals surface area contributed by atoms with E-state index in [1.54, 1.807) is 12.3 Å². The van der Waals surface area contributed by atoms with Gasteiger partial charge >= 0.3 is 6.18 Å². The molecule has 1 amide bonds. The molecule has 1 fully saturated rings. The van der Waals surface area contributed by atoms with Gasteiger partial charge in [-0.2, -0.15) is 18.3 Å². The molecule has 0 unspecified atom stereocenters. The Bertz CT molecular complexity index is 839. The number of alkyl halides is 3. The Kier molecular flexibility index (Phi) is 4.16. The van der Waals surface area contributed by atoms with Gasteiger partial charge in [0, 0.05) is 11.3 Å². The summed E-state index contributed by atoms with van der Waals surface area (Å²) < 4.78 is 39.7. The van der Waals surface area contributed by atoms with E-state index in [4.69, 9.17) is 0 Å². The molecule has 1 saturated carbocycles. The maximum Gasteiger partial charge on any atom is 0.421 e. The van der Waals surface area contributed by atoms with Crippen molar-refractivity contribution < 1.29 is 18.0 Å². The number of thiazole rings is 1. The summed E-state index contributed by atoms with van der Waals surface area (Å²) in [5.74, 6) is -0.734. The van der Waals surface area contributed by atoms with Crippen LogP contribution in [0.2, 0.25) is 0 Å². The van der Waals surface area contributed by atoms with Crippen LogP contribution in [0.4, 0.5) is 18.3 Å². The zero-order valence-corrected chi connectivity index (χ0v) is 13.4. The molecule has 0 aromatic carbocycles. The van der Waals surface area contributed by atoms with E-state index in [9.17, 15) is 22.8 Å². The number of aryl methyl sites for hydroxylation is 1. The lowest BCUT2D eigenvalue weighted by Crippen LogP contribution is -2.35. The van der Waals surface area contributed by atoms with Crippen molar-refractivity contribution in [3.63, 3.8) is 0 Å². The number of hydrogen-bond acceptors (Lipinski definition) is 5. The highest BCUT2D eigenvalue weighted by molar-refractivity contribution is 7.13. The predicted octanol–water partition coefficient (Wildman–Crippen LogP) is 2.54. The van der Waals surface area contributed by atoms with Crippen molar-refractivity contribution in [3.05, 3.63) is 38.8 Å². The van der Waals surface area contributed by atoms with Crippen molar-refractivity contribution in [3.8, 4) is 0 Å². The number of rotatable bonds is 4. The number of carbonyl (C=O) groups is 1. The van der Waals surface area contributed by atoms with Crippen LogP contribution in [0.25, 0.3) is 0 Å². The molecule has 128 valence electrons. The van der Waals surface area contributed by atoms with E-state index in [2.05, 4.69) is 15.4 Å². The van der Waals surface area contributed by atoms with Crippen LogP contribution in [0.1, 0.15) is 35.7 Å². The molecule has 2 aromatic rings. The van der Waals surface area contributed by atoms with Crippen molar-refractivity contribution in [1.82, 2.24) is 14.8 Å².